The van der Waals surface area contributed by atoms with Crippen LogP contribution in [0.15, 0.2) is 12.4 Å². The van der Waals surface area contributed by atoms with Gasteiger partial charge in [0.15, 0.2) is 0 Å². The normalized spacial score (nSPS) is 18.6. The van der Waals surface area contributed by atoms with E-state index in [-0.39, 0.29) is 0 Å². The van der Waals surface area contributed by atoms with Gasteiger partial charge in [-0.3, -0.25) is 0 Å². The highest BCUT2D eigenvalue weighted by Crippen LogP contribution is 2.30. The molecule has 0 spiro atoms. The number of alkyl halides is 1. The molecule has 1 saturated carbocycles. The fourth-order valence-corrected chi connectivity index (χ4v) is 3.56. The summed E-state index contributed by atoms with van der Waals surface area (Å²) in [5.74, 6) is 1.55. The maximum Gasteiger partial charge on any atom is 0.216 e. The van der Waals surface area contributed by atoms with Crippen LogP contribution in [0.2, 0.25) is 0 Å². The summed E-state index contributed by atoms with van der Waals surface area (Å²) in [7, 11) is 1.64. The summed E-state index contributed by atoms with van der Waals surface area (Å²) >= 11 is 3.80. The van der Waals surface area contributed by atoms with Crippen molar-refractivity contribution in [2.24, 2.45) is 5.92 Å². The highest BCUT2D eigenvalue weighted by Gasteiger charge is 2.18. The minimum Gasteiger partial charge on any atom is -0.481 e. The van der Waals surface area contributed by atoms with Crippen molar-refractivity contribution in [1.29, 1.82) is 0 Å². The molecule has 1 heterocycles. The predicted molar refractivity (Wildman–Crippen MR) is 76.2 cm³/mol. The van der Waals surface area contributed by atoms with Crippen LogP contribution in [0.1, 0.15) is 44.2 Å². The number of ether oxygens (including phenoxy) is 1. The van der Waals surface area contributed by atoms with Crippen LogP contribution >= 0.6 is 15.9 Å². The average Bonchev–Trinajstić information content (AvgIpc) is 2.40. The Morgan fingerprint density at radius 3 is 2.83 bits per heavy atom. The summed E-state index contributed by atoms with van der Waals surface area (Å²) in [4.78, 5) is 8.85. The number of aromatic nitrogens is 2. The fraction of sp³-hybridized carbons (Fsp3) is 0.714. The van der Waals surface area contributed by atoms with Gasteiger partial charge in [-0.2, -0.15) is 0 Å². The first-order chi connectivity index (χ1) is 8.78. The second kappa shape index (κ2) is 7.07. The largest absolute Gasteiger partial charge is 0.481 e. The summed E-state index contributed by atoms with van der Waals surface area (Å²) < 4.78 is 5.12. The van der Waals surface area contributed by atoms with Crippen molar-refractivity contribution in [3.8, 4) is 5.88 Å². The molecule has 1 unspecified atom stereocenters. The molecular formula is C14H21BrN2O. The van der Waals surface area contributed by atoms with Crippen molar-refractivity contribution < 1.29 is 4.74 Å². The highest BCUT2D eigenvalue weighted by atomic mass is 79.9. The molecule has 1 fully saturated rings. The van der Waals surface area contributed by atoms with Gasteiger partial charge in [0.2, 0.25) is 5.88 Å². The zero-order chi connectivity index (χ0) is 12.8. The molecule has 3 nitrogen and oxygen atoms in total. The van der Waals surface area contributed by atoms with E-state index in [1.165, 1.54) is 38.5 Å². The van der Waals surface area contributed by atoms with Gasteiger partial charge in [-0.25, -0.2) is 9.97 Å². The Morgan fingerprint density at radius 2 is 2.11 bits per heavy atom. The Labute approximate surface area is 117 Å². The second-order valence-electron chi connectivity index (χ2n) is 5.09. The first-order valence-corrected chi connectivity index (χ1v) is 7.68. The molecule has 0 N–H and O–H groups in total. The number of hydrogen-bond donors (Lipinski definition) is 0. The summed E-state index contributed by atoms with van der Waals surface area (Å²) in [6, 6.07) is 1.93. The van der Waals surface area contributed by atoms with E-state index in [1.807, 2.05) is 6.07 Å². The summed E-state index contributed by atoms with van der Waals surface area (Å²) in [6.07, 6.45) is 10.8. The molecule has 0 aromatic carbocycles. The van der Waals surface area contributed by atoms with Gasteiger partial charge in [-0.05, 0) is 12.3 Å². The van der Waals surface area contributed by atoms with E-state index in [9.17, 15) is 0 Å². The van der Waals surface area contributed by atoms with E-state index in [0.29, 0.717) is 10.7 Å². The van der Waals surface area contributed by atoms with Crippen LogP contribution in [0.25, 0.3) is 0 Å². The van der Waals surface area contributed by atoms with E-state index < -0.39 is 0 Å². The fourth-order valence-electron chi connectivity index (χ4n) is 2.70. The van der Waals surface area contributed by atoms with Crippen molar-refractivity contribution in [3.63, 3.8) is 0 Å². The number of methoxy groups -OCH3 is 1. The maximum atomic E-state index is 5.12. The smallest absolute Gasteiger partial charge is 0.216 e. The van der Waals surface area contributed by atoms with E-state index in [4.69, 9.17) is 4.74 Å². The van der Waals surface area contributed by atoms with E-state index in [2.05, 4.69) is 25.9 Å². The molecule has 0 aliphatic heterocycles. The lowest BCUT2D eigenvalue weighted by Gasteiger charge is -2.23. The highest BCUT2D eigenvalue weighted by molar-refractivity contribution is 9.09. The Bertz CT molecular complexity index is 367. The zero-order valence-corrected chi connectivity index (χ0v) is 12.5. The molecule has 1 aliphatic rings. The molecule has 0 saturated heterocycles. The molecule has 0 bridgehead atoms. The van der Waals surface area contributed by atoms with E-state index >= 15 is 0 Å². The van der Waals surface area contributed by atoms with Crippen LogP contribution in [0.3, 0.4) is 0 Å². The quantitative estimate of drug-likeness (QED) is 0.776. The topological polar surface area (TPSA) is 35.0 Å². The Balaban J connectivity index is 1.83. The van der Waals surface area contributed by atoms with Gasteiger partial charge in [0.25, 0.3) is 0 Å². The SMILES string of the molecule is COc1cc(CC(Br)CC2CCCCC2)ncn1. The molecule has 1 aromatic heterocycles. The van der Waals surface area contributed by atoms with Crippen molar-refractivity contribution in [2.75, 3.05) is 7.11 Å². The predicted octanol–water partition coefficient (Wildman–Crippen LogP) is 3.76. The molecular weight excluding hydrogens is 292 g/mol. The molecule has 4 heteroatoms. The van der Waals surface area contributed by atoms with Gasteiger partial charge in [0.1, 0.15) is 6.33 Å². The maximum absolute atomic E-state index is 5.12. The Kier molecular flexibility index (Phi) is 5.42. The summed E-state index contributed by atoms with van der Waals surface area (Å²) in [5, 5.41) is 0. The third-order valence-electron chi connectivity index (χ3n) is 3.65. The van der Waals surface area contributed by atoms with Crippen LogP contribution in [-0.2, 0) is 6.42 Å². The van der Waals surface area contributed by atoms with Gasteiger partial charge < -0.3 is 4.74 Å². The van der Waals surface area contributed by atoms with Crippen LogP contribution in [0, 0.1) is 5.92 Å². The molecule has 18 heavy (non-hydrogen) atoms. The minimum absolute atomic E-state index is 0.514. The van der Waals surface area contributed by atoms with Gasteiger partial charge in [0, 0.05) is 23.0 Å². The van der Waals surface area contributed by atoms with Crippen molar-refractivity contribution in [2.45, 2.75) is 49.8 Å². The first-order valence-electron chi connectivity index (χ1n) is 6.77. The van der Waals surface area contributed by atoms with Crippen LogP contribution in [0.5, 0.6) is 5.88 Å². The average molecular weight is 313 g/mol. The molecule has 0 radical (unpaired) electrons. The molecule has 0 amide bonds. The molecule has 100 valence electrons. The number of halogens is 1. The lowest BCUT2D eigenvalue weighted by molar-refractivity contribution is 0.336. The van der Waals surface area contributed by atoms with Crippen molar-refractivity contribution in [3.05, 3.63) is 18.1 Å². The number of hydrogen-bond acceptors (Lipinski definition) is 3. The molecule has 2 rings (SSSR count). The molecule has 1 aromatic rings. The molecule has 1 atom stereocenters. The van der Waals surface area contributed by atoms with Crippen molar-refractivity contribution >= 4 is 15.9 Å². The summed E-state index contributed by atoms with van der Waals surface area (Å²) in [6.45, 7) is 0. The Hall–Kier alpha value is -0.640. The first kappa shape index (κ1) is 13.8. The lowest BCUT2D eigenvalue weighted by atomic mass is 9.85. The van der Waals surface area contributed by atoms with Gasteiger partial charge in [-0.15, -0.1) is 0 Å². The summed E-state index contributed by atoms with van der Waals surface area (Å²) in [5.41, 5.74) is 1.06. The zero-order valence-electron chi connectivity index (χ0n) is 10.9. The second-order valence-corrected chi connectivity index (χ2v) is 6.39. The lowest BCUT2D eigenvalue weighted by Crippen LogP contribution is -2.14. The van der Waals surface area contributed by atoms with E-state index in [1.54, 1.807) is 13.4 Å². The van der Waals surface area contributed by atoms with E-state index in [0.717, 1.165) is 18.0 Å². The van der Waals surface area contributed by atoms with Crippen LogP contribution in [0.4, 0.5) is 0 Å². The third-order valence-corrected chi connectivity index (χ3v) is 4.35. The number of nitrogens with zero attached hydrogens (tertiary/aromatic N) is 2. The minimum atomic E-state index is 0.514. The molecule has 1 aliphatic carbocycles. The van der Waals surface area contributed by atoms with Crippen LogP contribution in [-0.4, -0.2) is 21.9 Å². The van der Waals surface area contributed by atoms with Crippen LogP contribution < -0.4 is 4.74 Å². The number of rotatable bonds is 5. The van der Waals surface area contributed by atoms with Gasteiger partial charge in [0.05, 0.1) is 7.11 Å². The third kappa shape index (κ3) is 4.23. The van der Waals surface area contributed by atoms with Gasteiger partial charge >= 0.3 is 0 Å². The Morgan fingerprint density at radius 1 is 1.33 bits per heavy atom. The van der Waals surface area contributed by atoms with Gasteiger partial charge in [-0.1, -0.05) is 48.0 Å². The standard InChI is InChI=1S/C14H21BrN2O/c1-18-14-9-13(16-10-17-14)8-12(15)7-11-5-3-2-4-6-11/h9-12H,2-8H2,1H3. The van der Waals surface area contributed by atoms with Crippen molar-refractivity contribution in [1.82, 2.24) is 9.97 Å². The monoisotopic (exact) mass is 312 g/mol.